The summed E-state index contributed by atoms with van der Waals surface area (Å²) in [5.41, 5.74) is 3.83. The molecule has 3 aromatic rings. The SMILES string of the molecule is CN=C(NCCC(c1ccccc1)c1ccccc1)NCc1cccnc1N1CCOCC1.I. The fourth-order valence-electron chi connectivity index (χ4n) is 4.26. The molecule has 34 heavy (non-hydrogen) atoms. The number of hydrogen-bond donors (Lipinski definition) is 2. The first-order chi connectivity index (χ1) is 16.3. The quantitative estimate of drug-likeness (QED) is 0.238. The van der Waals surface area contributed by atoms with Crippen molar-refractivity contribution in [1.82, 2.24) is 15.6 Å². The van der Waals surface area contributed by atoms with Crippen molar-refractivity contribution in [1.29, 1.82) is 0 Å². The Kier molecular flexibility index (Phi) is 10.6. The van der Waals surface area contributed by atoms with Crippen molar-refractivity contribution in [3.8, 4) is 0 Å². The number of anilines is 1. The van der Waals surface area contributed by atoms with Gasteiger partial charge in [-0.2, -0.15) is 0 Å². The molecule has 1 aromatic heterocycles. The van der Waals surface area contributed by atoms with Crippen LogP contribution in [0.15, 0.2) is 84.0 Å². The maximum absolute atomic E-state index is 5.49. The normalized spacial score (nSPS) is 13.9. The summed E-state index contributed by atoms with van der Waals surface area (Å²) in [6, 6.07) is 25.5. The Morgan fingerprint density at radius 1 is 0.941 bits per heavy atom. The van der Waals surface area contributed by atoms with E-state index in [1.54, 1.807) is 0 Å². The van der Waals surface area contributed by atoms with Gasteiger partial charge in [0.25, 0.3) is 0 Å². The molecule has 4 rings (SSSR count). The Morgan fingerprint density at radius 2 is 1.59 bits per heavy atom. The number of rotatable bonds is 8. The summed E-state index contributed by atoms with van der Waals surface area (Å²) in [7, 11) is 1.81. The predicted octanol–water partition coefficient (Wildman–Crippen LogP) is 4.42. The first-order valence-corrected chi connectivity index (χ1v) is 11.7. The van der Waals surface area contributed by atoms with Crippen LogP contribution in [-0.2, 0) is 11.3 Å². The minimum atomic E-state index is 0. The molecule has 6 nitrogen and oxygen atoms in total. The Morgan fingerprint density at radius 3 is 2.21 bits per heavy atom. The summed E-state index contributed by atoms with van der Waals surface area (Å²) in [6.07, 6.45) is 2.83. The van der Waals surface area contributed by atoms with Gasteiger partial charge in [0.05, 0.1) is 13.2 Å². The van der Waals surface area contributed by atoms with E-state index < -0.39 is 0 Å². The zero-order chi connectivity index (χ0) is 22.7. The minimum Gasteiger partial charge on any atom is -0.378 e. The number of nitrogens with zero attached hydrogens (tertiary/aromatic N) is 3. The van der Waals surface area contributed by atoms with E-state index in [0.717, 1.165) is 56.6 Å². The molecule has 0 amide bonds. The fraction of sp³-hybridized carbons (Fsp3) is 0.333. The molecule has 0 unspecified atom stereocenters. The van der Waals surface area contributed by atoms with Crippen molar-refractivity contribution in [2.24, 2.45) is 4.99 Å². The average Bonchev–Trinajstić information content (AvgIpc) is 2.90. The molecule has 0 saturated carbocycles. The van der Waals surface area contributed by atoms with Crippen LogP contribution in [0.5, 0.6) is 0 Å². The summed E-state index contributed by atoms with van der Waals surface area (Å²) in [5, 5.41) is 6.95. The molecule has 0 spiro atoms. The second-order valence-electron chi connectivity index (χ2n) is 8.10. The van der Waals surface area contributed by atoms with Crippen molar-refractivity contribution in [2.75, 3.05) is 44.8 Å². The van der Waals surface area contributed by atoms with Crippen LogP contribution in [0.2, 0.25) is 0 Å². The van der Waals surface area contributed by atoms with Crippen LogP contribution >= 0.6 is 24.0 Å². The van der Waals surface area contributed by atoms with Crippen LogP contribution in [-0.4, -0.2) is 50.8 Å². The van der Waals surface area contributed by atoms with Gasteiger partial charge in [0.2, 0.25) is 0 Å². The van der Waals surface area contributed by atoms with E-state index in [4.69, 9.17) is 4.74 Å². The van der Waals surface area contributed by atoms with E-state index in [-0.39, 0.29) is 24.0 Å². The number of ether oxygens (including phenoxy) is 1. The van der Waals surface area contributed by atoms with Gasteiger partial charge in [-0.25, -0.2) is 4.98 Å². The summed E-state index contributed by atoms with van der Waals surface area (Å²) in [6.45, 7) is 4.72. The number of aliphatic imine (C=N–C) groups is 1. The average molecular weight is 572 g/mol. The third-order valence-electron chi connectivity index (χ3n) is 5.98. The minimum absolute atomic E-state index is 0. The monoisotopic (exact) mass is 571 g/mol. The standard InChI is InChI=1S/C27H33N5O.HI/c1-28-27(31-21-24-13-8-15-29-26(24)32-17-19-33-20-18-32)30-16-14-25(22-9-4-2-5-10-22)23-11-6-3-7-12-23;/h2-13,15,25H,14,16-21H2,1H3,(H2,28,30,31);1H. The third-order valence-corrected chi connectivity index (χ3v) is 5.98. The summed E-state index contributed by atoms with van der Waals surface area (Å²) in [5.74, 6) is 2.16. The maximum Gasteiger partial charge on any atom is 0.191 e. The Labute approximate surface area is 219 Å². The first kappa shape index (κ1) is 26.0. The molecule has 1 aliphatic heterocycles. The Balaban J connectivity index is 0.00000324. The lowest BCUT2D eigenvalue weighted by Crippen LogP contribution is -2.40. The molecule has 0 aliphatic carbocycles. The molecule has 7 heteroatoms. The van der Waals surface area contributed by atoms with E-state index in [1.165, 1.54) is 11.1 Å². The number of hydrogen-bond acceptors (Lipinski definition) is 4. The molecule has 2 heterocycles. The number of morpholine rings is 1. The number of nitrogens with one attached hydrogen (secondary N) is 2. The molecule has 2 aromatic carbocycles. The van der Waals surface area contributed by atoms with Gasteiger partial charge >= 0.3 is 0 Å². The molecule has 0 radical (unpaired) electrons. The molecule has 1 saturated heterocycles. The topological polar surface area (TPSA) is 61.8 Å². The first-order valence-electron chi connectivity index (χ1n) is 11.7. The smallest absolute Gasteiger partial charge is 0.191 e. The van der Waals surface area contributed by atoms with E-state index in [1.807, 2.05) is 19.3 Å². The van der Waals surface area contributed by atoms with Crippen LogP contribution in [0.1, 0.15) is 29.0 Å². The lowest BCUT2D eigenvalue weighted by molar-refractivity contribution is 0.122. The van der Waals surface area contributed by atoms with Gasteiger partial charge in [-0.3, -0.25) is 4.99 Å². The van der Waals surface area contributed by atoms with E-state index in [9.17, 15) is 0 Å². The van der Waals surface area contributed by atoms with Crippen molar-refractivity contribution >= 4 is 35.8 Å². The van der Waals surface area contributed by atoms with Crippen LogP contribution < -0.4 is 15.5 Å². The maximum atomic E-state index is 5.49. The summed E-state index contributed by atoms with van der Waals surface area (Å²) < 4.78 is 5.49. The molecular formula is C27H34IN5O. The zero-order valence-electron chi connectivity index (χ0n) is 19.7. The van der Waals surface area contributed by atoms with Gasteiger partial charge in [-0.1, -0.05) is 66.7 Å². The van der Waals surface area contributed by atoms with Crippen molar-refractivity contribution < 1.29 is 4.74 Å². The lowest BCUT2D eigenvalue weighted by Gasteiger charge is -2.29. The van der Waals surface area contributed by atoms with Crippen molar-refractivity contribution in [3.63, 3.8) is 0 Å². The molecule has 0 atom stereocenters. The molecule has 1 aliphatic rings. The second kappa shape index (κ2) is 13.9. The zero-order valence-corrected chi connectivity index (χ0v) is 22.0. The van der Waals surface area contributed by atoms with Crippen LogP contribution in [0.3, 0.4) is 0 Å². The highest BCUT2D eigenvalue weighted by Gasteiger charge is 2.16. The van der Waals surface area contributed by atoms with Crippen molar-refractivity contribution in [3.05, 3.63) is 95.7 Å². The molecule has 0 bridgehead atoms. The number of benzene rings is 2. The van der Waals surface area contributed by atoms with E-state index in [2.05, 4.69) is 92.2 Å². The highest BCUT2D eigenvalue weighted by molar-refractivity contribution is 14.0. The number of guanidine groups is 1. The van der Waals surface area contributed by atoms with Gasteiger partial charge in [0.1, 0.15) is 5.82 Å². The predicted molar refractivity (Wildman–Crippen MR) is 150 cm³/mol. The summed E-state index contributed by atoms with van der Waals surface area (Å²) in [4.78, 5) is 11.3. The van der Waals surface area contributed by atoms with Gasteiger partial charge in [0.15, 0.2) is 5.96 Å². The van der Waals surface area contributed by atoms with E-state index >= 15 is 0 Å². The fourth-order valence-corrected chi connectivity index (χ4v) is 4.26. The Bertz CT molecular complexity index is 970. The lowest BCUT2D eigenvalue weighted by atomic mass is 9.88. The van der Waals surface area contributed by atoms with Gasteiger partial charge in [-0.05, 0) is 23.6 Å². The van der Waals surface area contributed by atoms with Crippen LogP contribution in [0, 0.1) is 0 Å². The number of halogens is 1. The highest BCUT2D eigenvalue weighted by atomic mass is 127. The van der Waals surface area contributed by atoms with Crippen molar-refractivity contribution in [2.45, 2.75) is 18.9 Å². The molecule has 1 fully saturated rings. The Hall–Kier alpha value is -2.65. The third kappa shape index (κ3) is 7.17. The summed E-state index contributed by atoms with van der Waals surface area (Å²) >= 11 is 0. The molecule has 180 valence electrons. The van der Waals surface area contributed by atoms with Gasteiger partial charge in [0, 0.05) is 50.9 Å². The van der Waals surface area contributed by atoms with Gasteiger partial charge in [-0.15, -0.1) is 24.0 Å². The number of aromatic nitrogens is 1. The second-order valence-corrected chi connectivity index (χ2v) is 8.10. The van der Waals surface area contributed by atoms with Crippen LogP contribution in [0.4, 0.5) is 5.82 Å². The highest BCUT2D eigenvalue weighted by Crippen LogP contribution is 2.27. The van der Waals surface area contributed by atoms with Gasteiger partial charge < -0.3 is 20.3 Å². The molecule has 2 N–H and O–H groups in total. The largest absolute Gasteiger partial charge is 0.378 e. The van der Waals surface area contributed by atoms with Crippen LogP contribution in [0.25, 0.3) is 0 Å². The van der Waals surface area contributed by atoms with E-state index in [0.29, 0.717) is 12.5 Å². The molecular weight excluding hydrogens is 537 g/mol. The number of pyridine rings is 1.